The van der Waals surface area contributed by atoms with E-state index in [1.54, 1.807) is 0 Å². The van der Waals surface area contributed by atoms with Crippen LogP contribution in [0.4, 0.5) is 0 Å². The van der Waals surface area contributed by atoms with Gasteiger partial charge in [0.2, 0.25) is 0 Å². The second-order valence-corrected chi connectivity index (χ2v) is 6.01. The summed E-state index contributed by atoms with van der Waals surface area (Å²) in [4.78, 5) is 12.0. The van der Waals surface area contributed by atoms with Crippen molar-refractivity contribution in [2.45, 2.75) is 59.8 Å². The summed E-state index contributed by atoms with van der Waals surface area (Å²) in [5.41, 5.74) is 0. The number of carbonyl (C=O) groups excluding carboxylic acids is 1. The van der Waals surface area contributed by atoms with Crippen LogP contribution in [0.5, 0.6) is 0 Å². The minimum atomic E-state index is 0.377. The van der Waals surface area contributed by atoms with Gasteiger partial charge in [0.05, 0.1) is 0 Å². The van der Waals surface area contributed by atoms with Gasteiger partial charge in [-0.15, -0.1) is 0 Å². The summed E-state index contributed by atoms with van der Waals surface area (Å²) in [7, 11) is 0. The lowest BCUT2D eigenvalue weighted by Crippen LogP contribution is -2.26. The molecule has 0 bridgehead atoms. The fraction of sp³-hybridized carbons (Fsp3) is 0.929. The van der Waals surface area contributed by atoms with E-state index in [0.717, 1.165) is 37.5 Å². The Kier molecular flexibility index (Phi) is 4.82. The number of hydrogen-bond donors (Lipinski definition) is 0. The first kappa shape index (κ1) is 12.7. The highest BCUT2D eigenvalue weighted by Gasteiger charge is 2.28. The van der Waals surface area contributed by atoms with Crippen LogP contribution in [0.1, 0.15) is 59.8 Å². The van der Waals surface area contributed by atoms with Gasteiger partial charge in [-0.3, -0.25) is 4.79 Å². The van der Waals surface area contributed by atoms with E-state index in [0.29, 0.717) is 17.6 Å². The molecule has 1 saturated carbocycles. The van der Waals surface area contributed by atoms with Crippen molar-refractivity contribution in [2.24, 2.45) is 23.7 Å². The molecular weight excluding hydrogens is 184 g/mol. The Hall–Kier alpha value is -0.330. The molecule has 0 amide bonds. The Balaban J connectivity index is 2.38. The van der Waals surface area contributed by atoms with Crippen molar-refractivity contribution in [1.29, 1.82) is 0 Å². The zero-order valence-corrected chi connectivity index (χ0v) is 10.8. The maximum atomic E-state index is 12.0. The summed E-state index contributed by atoms with van der Waals surface area (Å²) >= 11 is 0. The van der Waals surface area contributed by atoms with E-state index in [9.17, 15) is 4.79 Å². The third-order valence-electron chi connectivity index (χ3n) is 3.60. The molecule has 2 atom stereocenters. The van der Waals surface area contributed by atoms with E-state index in [1.807, 2.05) is 0 Å². The molecule has 0 aromatic rings. The summed E-state index contributed by atoms with van der Waals surface area (Å²) in [6.45, 7) is 8.97. The first-order valence-electron chi connectivity index (χ1n) is 6.51. The molecule has 1 aliphatic carbocycles. The Bertz CT molecular complexity index is 197. The quantitative estimate of drug-likeness (QED) is 0.683. The normalized spacial score (nSPS) is 31.9. The molecule has 0 N–H and O–H groups in total. The molecule has 88 valence electrons. The van der Waals surface area contributed by atoms with Gasteiger partial charge in [-0.25, -0.2) is 0 Å². The first-order valence-corrected chi connectivity index (χ1v) is 6.51. The molecule has 0 spiro atoms. The van der Waals surface area contributed by atoms with Crippen LogP contribution < -0.4 is 0 Å². The van der Waals surface area contributed by atoms with Crippen molar-refractivity contribution in [3.63, 3.8) is 0 Å². The van der Waals surface area contributed by atoms with E-state index < -0.39 is 0 Å². The smallest absolute Gasteiger partial charge is 0.136 e. The van der Waals surface area contributed by atoms with Gasteiger partial charge in [0.1, 0.15) is 5.78 Å². The van der Waals surface area contributed by atoms with E-state index in [2.05, 4.69) is 27.7 Å². The second kappa shape index (κ2) is 5.67. The number of carbonyl (C=O) groups is 1. The van der Waals surface area contributed by atoms with Crippen molar-refractivity contribution in [3.05, 3.63) is 0 Å². The molecule has 0 radical (unpaired) electrons. The molecule has 2 unspecified atom stereocenters. The average molecular weight is 210 g/mol. The maximum Gasteiger partial charge on any atom is 0.136 e. The highest BCUT2D eigenvalue weighted by Crippen LogP contribution is 2.34. The number of rotatable bonds is 4. The maximum absolute atomic E-state index is 12.0. The molecule has 1 aliphatic rings. The van der Waals surface area contributed by atoms with Gasteiger partial charge in [-0.05, 0) is 43.4 Å². The molecule has 0 aromatic carbocycles. The van der Waals surface area contributed by atoms with Crippen LogP contribution in [0.15, 0.2) is 0 Å². The fourth-order valence-electron chi connectivity index (χ4n) is 2.84. The molecule has 1 fully saturated rings. The van der Waals surface area contributed by atoms with Crippen LogP contribution >= 0.6 is 0 Å². The van der Waals surface area contributed by atoms with Gasteiger partial charge < -0.3 is 0 Å². The van der Waals surface area contributed by atoms with Crippen molar-refractivity contribution >= 4 is 5.78 Å². The molecule has 0 saturated heterocycles. The van der Waals surface area contributed by atoms with Crippen molar-refractivity contribution < 1.29 is 4.79 Å². The zero-order chi connectivity index (χ0) is 11.4. The summed E-state index contributed by atoms with van der Waals surface area (Å²) in [5.74, 6) is 3.07. The summed E-state index contributed by atoms with van der Waals surface area (Å²) in [6.07, 6.45) is 5.47. The van der Waals surface area contributed by atoms with Crippen molar-refractivity contribution in [3.8, 4) is 0 Å². The van der Waals surface area contributed by atoms with Gasteiger partial charge in [0, 0.05) is 12.3 Å². The van der Waals surface area contributed by atoms with Crippen LogP contribution in [0.3, 0.4) is 0 Å². The van der Waals surface area contributed by atoms with E-state index in [1.165, 1.54) is 6.42 Å². The number of ketones is 1. The summed E-state index contributed by atoms with van der Waals surface area (Å²) in [5, 5.41) is 0. The second-order valence-electron chi connectivity index (χ2n) is 6.01. The number of Topliss-reactive ketones (excluding diaryl/α,β-unsaturated/α-hetero) is 1. The molecule has 0 aliphatic heterocycles. The molecule has 0 aromatic heterocycles. The fourth-order valence-corrected chi connectivity index (χ4v) is 2.84. The Morgan fingerprint density at radius 2 is 1.67 bits per heavy atom. The van der Waals surface area contributed by atoms with Gasteiger partial charge in [0.25, 0.3) is 0 Å². The van der Waals surface area contributed by atoms with Gasteiger partial charge in [-0.2, -0.15) is 0 Å². The summed E-state index contributed by atoms with van der Waals surface area (Å²) < 4.78 is 0. The molecule has 0 heterocycles. The monoisotopic (exact) mass is 210 g/mol. The van der Waals surface area contributed by atoms with Gasteiger partial charge in [-0.1, -0.05) is 27.7 Å². The Morgan fingerprint density at radius 3 is 2.13 bits per heavy atom. The topological polar surface area (TPSA) is 17.1 Å². The van der Waals surface area contributed by atoms with Gasteiger partial charge >= 0.3 is 0 Å². The largest absolute Gasteiger partial charge is 0.299 e. The van der Waals surface area contributed by atoms with Crippen LogP contribution in [0.25, 0.3) is 0 Å². The summed E-state index contributed by atoms with van der Waals surface area (Å²) in [6, 6.07) is 0. The van der Waals surface area contributed by atoms with Crippen LogP contribution in [-0.2, 0) is 4.79 Å². The van der Waals surface area contributed by atoms with E-state index >= 15 is 0 Å². The predicted octanol–water partition coefficient (Wildman–Crippen LogP) is 4.06. The standard InChI is InChI=1S/C14H26O/c1-10(2)5-6-14(15)13-8-11(3)7-12(4)9-13/h10-13H,5-9H2,1-4H3. The minimum absolute atomic E-state index is 0.377. The molecular formula is C14H26O. The predicted molar refractivity (Wildman–Crippen MR) is 64.7 cm³/mol. The number of hydrogen-bond acceptors (Lipinski definition) is 1. The molecule has 15 heavy (non-hydrogen) atoms. The highest BCUT2D eigenvalue weighted by molar-refractivity contribution is 5.81. The lowest BCUT2D eigenvalue weighted by atomic mass is 9.74. The third kappa shape index (κ3) is 4.36. The van der Waals surface area contributed by atoms with Crippen LogP contribution in [0.2, 0.25) is 0 Å². The van der Waals surface area contributed by atoms with Crippen LogP contribution in [0, 0.1) is 23.7 Å². The first-order chi connectivity index (χ1) is 6.99. The average Bonchev–Trinajstić information content (AvgIpc) is 2.12. The minimum Gasteiger partial charge on any atom is -0.299 e. The molecule has 1 nitrogen and oxygen atoms in total. The van der Waals surface area contributed by atoms with E-state index in [4.69, 9.17) is 0 Å². The zero-order valence-electron chi connectivity index (χ0n) is 10.8. The van der Waals surface area contributed by atoms with Crippen molar-refractivity contribution in [2.75, 3.05) is 0 Å². The third-order valence-corrected chi connectivity index (χ3v) is 3.60. The van der Waals surface area contributed by atoms with Gasteiger partial charge in [0.15, 0.2) is 0 Å². The van der Waals surface area contributed by atoms with Crippen molar-refractivity contribution in [1.82, 2.24) is 0 Å². The Labute approximate surface area is 94.6 Å². The van der Waals surface area contributed by atoms with E-state index in [-0.39, 0.29) is 0 Å². The lowest BCUT2D eigenvalue weighted by Gasteiger charge is -2.30. The Morgan fingerprint density at radius 1 is 1.13 bits per heavy atom. The molecule has 1 heteroatoms. The van der Waals surface area contributed by atoms with Crippen LogP contribution in [-0.4, -0.2) is 5.78 Å². The molecule has 1 rings (SSSR count). The lowest BCUT2D eigenvalue weighted by molar-refractivity contribution is -0.125. The highest BCUT2D eigenvalue weighted by atomic mass is 16.1. The SMILES string of the molecule is CC(C)CCC(=O)C1CC(C)CC(C)C1.